The molecule has 1 aromatic carbocycles. The van der Waals surface area contributed by atoms with Crippen LogP contribution in [-0.2, 0) is 0 Å². The van der Waals surface area contributed by atoms with Crippen LogP contribution in [0.15, 0.2) is 41.8 Å². The van der Waals surface area contributed by atoms with Gasteiger partial charge in [-0.1, -0.05) is 18.2 Å². The molecule has 1 heterocycles. The molecule has 0 fully saturated rings. The largest absolute Gasteiger partial charge is 0.366 e. The molecular formula is C11H10N2OS. The highest BCUT2D eigenvalue weighted by atomic mass is 32.2. The van der Waals surface area contributed by atoms with Gasteiger partial charge in [0.1, 0.15) is 0 Å². The van der Waals surface area contributed by atoms with Crippen molar-refractivity contribution >= 4 is 23.6 Å². The van der Waals surface area contributed by atoms with E-state index in [0.29, 0.717) is 5.56 Å². The highest BCUT2D eigenvalue weighted by Gasteiger charge is 2.04. The van der Waals surface area contributed by atoms with E-state index in [2.05, 4.69) is 4.72 Å². The lowest BCUT2D eigenvalue weighted by atomic mass is 10.1. The Morgan fingerprint density at radius 1 is 1.27 bits per heavy atom. The molecule has 2 rings (SSSR count). The molecular weight excluding hydrogens is 208 g/mol. The summed E-state index contributed by atoms with van der Waals surface area (Å²) >= 11 is 1.52. The molecule has 0 atom stereocenters. The predicted molar refractivity (Wildman–Crippen MR) is 62.8 cm³/mol. The zero-order valence-corrected chi connectivity index (χ0v) is 8.75. The van der Waals surface area contributed by atoms with Gasteiger partial charge >= 0.3 is 0 Å². The Balaban J connectivity index is 2.27. The third-order valence-electron chi connectivity index (χ3n) is 2.06. The first-order valence-electron chi connectivity index (χ1n) is 4.46. The van der Waals surface area contributed by atoms with E-state index >= 15 is 0 Å². The van der Waals surface area contributed by atoms with E-state index in [0.717, 1.165) is 11.3 Å². The lowest BCUT2D eigenvalue weighted by Gasteiger charge is -2.11. The Hall–Kier alpha value is -1.68. The summed E-state index contributed by atoms with van der Waals surface area (Å²) in [4.78, 5) is 10.9. The maximum atomic E-state index is 10.9. The molecule has 0 saturated carbocycles. The summed E-state index contributed by atoms with van der Waals surface area (Å²) in [6.07, 6.45) is 3.95. The van der Waals surface area contributed by atoms with Crippen molar-refractivity contribution in [2.45, 2.75) is 0 Å². The monoisotopic (exact) mass is 218 g/mol. The zero-order valence-electron chi connectivity index (χ0n) is 7.94. The number of allylic oxidation sites excluding steroid dienone is 2. The van der Waals surface area contributed by atoms with E-state index in [1.165, 1.54) is 11.9 Å². The molecule has 1 aromatic rings. The Morgan fingerprint density at radius 3 is 2.53 bits per heavy atom. The summed E-state index contributed by atoms with van der Waals surface area (Å²) < 4.78 is 3.16. The van der Waals surface area contributed by atoms with Gasteiger partial charge in [-0.25, -0.2) is 0 Å². The molecule has 1 aliphatic heterocycles. The quantitative estimate of drug-likeness (QED) is 0.745. The van der Waals surface area contributed by atoms with Crippen LogP contribution in [0, 0.1) is 0 Å². The fourth-order valence-corrected chi connectivity index (χ4v) is 1.81. The van der Waals surface area contributed by atoms with Crippen molar-refractivity contribution < 1.29 is 4.79 Å². The summed E-state index contributed by atoms with van der Waals surface area (Å²) in [5.74, 6) is -0.401. The Bertz CT molecular complexity index is 434. The van der Waals surface area contributed by atoms with Crippen molar-refractivity contribution in [3.63, 3.8) is 0 Å². The minimum absolute atomic E-state index is 0.401. The first-order chi connectivity index (χ1) is 7.27. The first-order valence-corrected chi connectivity index (χ1v) is 5.34. The maximum absolute atomic E-state index is 10.9. The summed E-state index contributed by atoms with van der Waals surface area (Å²) in [6.45, 7) is 0. The van der Waals surface area contributed by atoms with Crippen LogP contribution in [-0.4, -0.2) is 5.91 Å². The molecule has 3 N–H and O–H groups in total. The first kappa shape index (κ1) is 9.86. The number of carbonyl (C=O) groups excluding carboxylic acids is 1. The second kappa shape index (κ2) is 4.23. The van der Waals surface area contributed by atoms with Crippen molar-refractivity contribution in [2.75, 3.05) is 0 Å². The van der Waals surface area contributed by atoms with Gasteiger partial charge in [0.2, 0.25) is 5.91 Å². The Labute approximate surface area is 92.2 Å². The van der Waals surface area contributed by atoms with Crippen LogP contribution in [0.2, 0.25) is 0 Å². The van der Waals surface area contributed by atoms with E-state index in [1.807, 2.05) is 29.7 Å². The molecule has 15 heavy (non-hydrogen) atoms. The number of carbonyl (C=O) groups is 1. The van der Waals surface area contributed by atoms with Gasteiger partial charge in [0.25, 0.3) is 0 Å². The van der Waals surface area contributed by atoms with Crippen molar-refractivity contribution in [1.82, 2.24) is 4.72 Å². The second-order valence-corrected chi connectivity index (χ2v) is 3.78. The molecule has 0 aliphatic carbocycles. The number of hydrogen-bond acceptors (Lipinski definition) is 3. The molecule has 0 aromatic heterocycles. The normalized spacial score (nSPS) is 14.3. The molecule has 3 nitrogen and oxygen atoms in total. The van der Waals surface area contributed by atoms with Gasteiger partial charge in [0.15, 0.2) is 0 Å². The lowest BCUT2D eigenvalue weighted by Crippen LogP contribution is -2.11. The molecule has 0 spiro atoms. The maximum Gasteiger partial charge on any atom is 0.248 e. The van der Waals surface area contributed by atoms with E-state index < -0.39 is 5.91 Å². The second-order valence-electron chi connectivity index (χ2n) is 3.07. The average molecular weight is 218 g/mol. The number of nitrogens with two attached hydrogens (primary N) is 1. The van der Waals surface area contributed by atoms with Crippen LogP contribution in [0.5, 0.6) is 0 Å². The fourth-order valence-electron chi connectivity index (χ4n) is 1.28. The van der Waals surface area contributed by atoms with E-state index in [9.17, 15) is 4.79 Å². The molecule has 76 valence electrons. The number of rotatable bonds is 2. The molecule has 1 amide bonds. The molecule has 0 saturated heterocycles. The molecule has 0 radical (unpaired) electrons. The van der Waals surface area contributed by atoms with Crippen LogP contribution in [0.4, 0.5) is 0 Å². The summed E-state index contributed by atoms with van der Waals surface area (Å²) in [6, 6.07) is 7.20. The van der Waals surface area contributed by atoms with Gasteiger partial charge in [-0.15, -0.1) is 0 Å². The SMILES string of the molecule is NC(=O)c1ccc(C2=CC=CSN2)cc1. The van der Waals surface area contributed by atoms with Gasteiger partial charge < -0.3 is 10.5 Å². The number of amides is 1. The number of hydrogen-bond donors (Lipinski definition) is 2. The molecule has 0 unspecified atom stereocenters. The highest BCUT2D eigenvalue weighted by molar-refractivity contribution is 8.00. The minimum atomic E-state index is -0.401. The number of benzene rings is 1. The van der Waals surface area contributed by atoms with Crippen molar-refractivity contribution in [3.05, 3.63) is 53.0 Å². The molecule has 4 heteroatoms. The lowest BCUT2D eigenvalue weighted by molar-refractivity contribution is 0.100. The summed E-state index contributed by atoms with van der Waals surface area (Å²) in [7, 11) is 0. The van der Waals surface area contributed by atoms with Gasteiger partial charge in [-0.3, -0.25) is 4.79 Å². The molecule has 0 bridgehead atoms. The van der Waals surface area contributed by atoms with Gasteiger partial charge in [-0.05, 0) is 41.1 Å². The number of primary amides is 1. The van der Waals surface area contributed by atoms with Gasteiger partial charge in [-0.2, -0.15) is 0 Å². The van der Waals surface area contributed by atoms with Gasteiger partial charge in [0.05, 0.1) is 5.70 Å². The van der Waals surface area contributed by atoms with E-state index in [1.54, 1.807) is 12.1 Å². The average Bonchev–Trinajstić information content (AvgIpc) is 2.30. The third-order valence-corrected chi connectivity index (χ3v) is 2.69. The third kappa shape index (κ3) is 2.22. The minimum Gasteiger partial charge on any atom is -0.366 e. The van der Waals surface area contributed by atoms with Crippen LogP contribution >= 0.6 is 11.9 Å². The van der Waals surface area contributed by atoms with Crippen molar-refractivity contribution in [2.24, 2.45) is 5.73 Å². The standard InChI is InChI=1S/C11H10N2OS/c12-11(14)9-5-3-8(4-6-9)10-2-1-7-15-13-10/h1-7,13H,(H2,12,14). The topological polar surface area (TPSA) is 55.1 Å². The van der Waals surface area contributed by atoms with Crippen LogP contribution in [0.1, 0.15) is 15.9 Å². The highest BCUT2D eigenvalue weighted by Crippen LogP contribution is 2.19. The zero-order chi connectivity index (χ0) is 10.7. The van der Waals surface area contributed by atoms with Crippen LogP contribution in [0.3, 0.4) is 0 Å². The summed E-state index contributed by atoms with van der Waals surface area (Å²) in [5, 5.41) is 1.96. The van der Waals surface area contributed by atoms with E-state index in [-0.39, 0.29) is 0 Å². The molecule has 1 aliphatic rings. The Kier molecular flexibility index (Phi) is 2.78. The predicted octanol–water partition coefficient (Wildman–Crippen LogP) is 1.89. The smallest absolute Gasteiger partial charge is 0.248 e. The number of nitrogens with one attached hydrogen (secondary N) is 1. The van der Waals surface area contributed by atoms with Crippen LogP contribution in [0.25, 0.3) is 5.70 Å². The Morgan fingerprint density at radius 2 is 2.00 bits per heavy atom. The van der Waals surface area contributed by atoms with Crippen molar-refractivity contribution in [3.8, 4) is 0 Å². The fraction of sp³-hybridized carbons (Fsp3) is 0. The van der Waals surface area contributed by atoms with Crippen molar-refractivity contribution in [1.29, 1.82) is 0 Å². The van der Waals surface area contributed by atoms with E-state index in [4.69, 9.17) is 5.73 Å². The summed E-state index contributed by atoms with van der Waals surface area (Å²) in [5.41, 5.74) is 7.75. The van der Waals surface area contributed by atoms with Gasteiger partial charge in [0, 0.05) is 5.56 Å². The van der Waals surface area contributed by atoms with Crippen LogP contribution < -0.4 is 10.5 Å².